The molecule has 4 heterocycles. The van der Waals surface area contributed by atoms with E-state index in [0.29, 0.717) is 31.3 Å². The number of piperidine rings is 1. The molecule has 13 heteroatoms. The van der Waals surface area contributed by atoms with Crippen molar-refractivity contribution < 1.29 is 8.42 Å². The van der Waals surface area contributed by atoms with Crippen molar-refractivity contribution in [2.45, 2.75) is 43.7 Å². The van der Waals surface area contributed by atoms with Crippen molar-refractivity contribution in [3.05, 3.63) is 42.4 Å². The lowest BCUT2D eigenvalue weighted by Crippen LogP contribution is -2.56. The van der Waals surface area contributed by atoms with Crippen molar-refractivity contribution in [3.63, 3.8) is 0 Å². The summed E-state index contributed by atoms with van der Waals surface area (Å²) in [5, 5.41) is 13.6. The Morgan fingerprint density at radius 3 is 2.74 bits per heavy atom. The van der Waals surface area contributed by atoms with E-state index >= 15 is 0 Å². The van der Waals surface area contributed by atoms with Gasteiger partial charge in [0.1, 0.15) is 17.8 Å². The number of benzene rings is 1. The smallest absolute Gasteiger partial charge is 0.240 e. The van der Waals surface area contributed by atoms with Gasteiger partial charge >= 0.3 is 0 Å². The summed E-state index contributed by atoms with van der Waals surface area (Å²) in [5.74, 6) is 1.26. The number of aryl methyl sites for hydroxylation is 1. The molecule has 39 heavy (non-hydrogen) atoms. The Kier molecular flexibility index (Phi) is 7.69. The zero-order chi connectivity index (χ0) is 27.6. The highest BCUT2D eigenvalue weighted by atomic mass is 32.2. The van der Waals surface area contributed by atoms with Gasteiger partial charge in [0.05, 0.1) is 10.3 Å². The predicted molar refractivity (Wildman–Crippen MR) is 151 cm³/mol. The Morgan fingerprint density at radius 2 is 2.00 bits per heavy atom. The number of aromatic amines is 1. The fourth-order valence-electron chi connectivity index (χ4n) is 5.30. The molecule has 1 aromatic carbocycles. The molecule has 2 aromatic heterocycles. The van der Waals surface area contributed by atoms with Gasteiger partial charge in [-0.05, 0) is 70.6 Å². The molecular weight excluding hydrogens is 516 g/mol. The van der Waals surface area contributed by atoms with Crippen LogP contribution in [0.25, 0.3) is 11.0 Å². The number of nitriles is 1. The lowest BCUT2D eigenvalue weighted by atomic mass is 10.1. The van der Waals surface area contributed by atoms with Crippen molar-refractivity contribution >= 4 is 38.5 Å². The summed E-state index contributed by atoms with van der Waals surface area (Å²) in [6.45, 7) is 7.75. The molecule has 0 bridgehead atoms. The summed E-state index contributed by atoms with van der Waals surface area (Å²) in [5.41, 5.74) is 2.44. The van der Waals surface area contributed by atoms with E-state index in [-0.39, 0.29) is 17.0 Å². The minimum atomic E-state index is -3.69. The molecule has 5 rings (SSSR count). The third kappa shape index (κ3) is 5.83. The maximum atomic E-state index is 13.1. The number of sulfonamides is 1. The zero-order valence-corrected chi connectivity index (χ0v) is 23.2. The fourth-order valence-corrected chi connectivity index (χ4v) is 6.65. The van der Waals surface area contributed by atoms with Gasteiger partial charge in [-0.2, -0.15) is 5.26 Å². The van der Waals surface area contributed by atoms with Crippen molar-refractivity contribution in [2.75, 3.05) is 50.0 Å². The summed E-state index contributed by atoms with van der Waals surface area (Å²) in [6.07, 6.45) is 6.95. The van der Waals surface area contributed by atoms with E-state index in [4.69, 9.17) is 0 Å². The molecule has 12 nitrogen and oxygen atoms in total. The summed E-state index contributed by atoms with van der Waals surface area (Å²) in [4.78, 5) is 22.8. The van der Waals surface area contributed by atoms with Gasteiger partial charge in [0.2, 0.25) is 22.2 Å². The summed E-state index contributed by atoms with van der Waals surface area (Å²) in [7, 11) is -1.65. The molecule has 2 aliphatic rings. The molecule has 2 fully saturated rings. The Labute approximate surface area is 228 Å². The third-order valence-electron chi connectivity index (χ3n) is 7.44. The maximum absolute atomic E-state index is 13.1. The van der Waals surface area contributed by atoms with Gasteiger partial charge < -0.3 is 25.0 Å². The fraction of sp³-hybridized carbons (Fsp3) is 0.462. The van der Waals surface area contributed by atoms with Crippen LogP contribution in [0.1, 0.15) is 25.3 Å². The Balaban J connectivity index is 1.29. The van der Waals surface area contributed by atoms with Crippen LogP contribution in [0.15, 0.2) is 46.7 Å². The molecule has 2 saturated heterocycles. The molecule has 1 atom stereocenters. The standard InChI is InChI=1S/C26H34N10O2S/c1-18-14-28-24-23(18)25(31-17-30-24)35-11-12-36(19(2)15-35)26(29-16-27)32-21-5-4-6-22(13-21)39(37,38)33-20-7-9-34(3)10-8-20/h4-6,13-14,17,19-20,33H,7-12,15H2,1-3H3,(H,29,32)(H,28,30,31). The first-order chi connectivity index (χ1) is 18.7. The number of aromatic nitrogens is 3. The predicted octanol–water partition coefficient (Wildman–Crippen LogP) is 2.10. The number of rotatable bonds is 5. The Bertz CT molecular complexity index is 1500. The summed E-state index contributed by atoms with van der Waals surface area (Å²) >= 11 is 0. The highest BCUT2D eigenvalue weighted by Crippen LogP contribution is 2.28. The van der Waals surface area contributed by atoms with Crippen LogP contribution in [0, 0.1) is 18.4 Å². The van der Waals surface area contributed by atoms with Gasteiger partial charge in [0.25, 0.3) is 0 Å². The van der Waals surface area contributed by atoms with E-state index in [0.717, 1.165) is 48.3 Å². The van der Waals surface area contributed by atoms with Crippen LogP contribution in [-0.2, 0) is 10.0 Å². The number of hydrogen-bond donors (Lipinski definition) is 3. The number of fused-ring (bicyclic) bond motifs is 1. The Morgan fingerprint density at radius 1 is 1.21 bits per heavy atom. The molecule has 0 amide bonds. The van der Waals surface area contributed by atoms with Crippen LogP contribution < -0.4 is 14.9 Å². The van der Waals surface area contributed by atoms with Gasteiger partial charge in [-0.1, -0.05) is 6.07 Å². The molecule has 0 spiro atoms. The van der Waals surface area contributed by atoms with Crippen molar-refractivity contribution in [1.82, 2.24) is 29.5 Å². The number of likely N-dealkylation sites (tertiary alicyclic amines) is 1. The van der Waals surface area contributed by atoms with E-state index in [1.54, 1.807) is 30.6 Å². The van der Waals surface area contributed by atoms with Crippen LogP contribution in [0.3, 0.4) is 0 Å². The molecule has 206 valence electrons. The van der Waals surface area contributed by atoms with Gasteiger partial charge in [-0.3, -0.25) is 0 Å². The highest BCUT2D eigenvalue weighted by Gasteiger charge is 2.29. The van der Waals surface area contributed by atoms with E-state index in [1.807, 2.05) is 31.3 Å². The first-order valence-corrected chi connectivity index (χ1v) is 14.6. The second kappa shape index (κ2) is 11.2. The lowest BCUT2D eigenvalue weighted by molar-refractivity contribution is 0.248. The number of aliphatic imine (C=N–C) groups is 1. The van der Waals surface area contributed by atoms with Gasteiger partial charge in [0, 0.05) is 43.6 Å². The highest BCUT2D eigenvalue weighted by molar-refractivity contribution is 7.89. The molecule has 3 N–H and O–H groups in total. The SMILES string of the molecule is Cc1c[nH]c2ncnc(N3CCN(C(=NC#N)Nc4cccc(S(=O)(=O)NC5CCN(C)CC5)c4)C(C)C3)c12. The van der Waals surface area contributed by atoms with Gasteiger partial charge in [0.15, 0.2) is 0 Å². The monoisotopic (exact) mass is 550 g/mol. The minimum Gasteiger partial charge on any atom is -0.352 e. The van der Waals surface area contributed by atoms with Crippen molar-refractivity contribution in [2.24, 2.45) is 4.99 Å². The van der Waals surface area contributed by atoms with Crippen LogP contribution in [-0.4, -0.2) is 91.0 Å². The molecular formula is C26H34N10O2S. The largest absolute Gasteiger partial charge is 0.352 e. The Hall–Kier alpha value is -3.73. The number of anilines is 2. The van der Waals surface area contributed by atoms with Crippen molar-refractivity contribution in [1.29, 1.82) is 5.26 Å². The summed E-state index contributed by atoms with van der Waals surface area (Å²) < 4.78 is 29.1. The molecule has 0 aliphatic carbocycles. The van der Waals surface area contributed by atoms with Gasteiger partial charge in [-0.25, -0.2) is 23.1 Å². The van der Waals surface area contributed by atoms with E-state index < -0.39 is 10.0 Å². The van der Waals surface area contributed by atoms with Crippen LogP contribution in [0.4, 0.5) is 11.5 Å². The molecule has 1 unspecified atom stereocenters. The normalized spacial score (nSPS) is 19.8. The number of nitrogens with zero attached hydrogens (tertiary/aromatic N) is 7. The second-order valence-electron chi connectivity index (χ2n) is 10.3. The van der Waals surface area contributed by atoms with Crippen LogP contribution >= 0.6 is 0 Å². The van der Waals surface area contributed by atoms with E-state index in [1.165, 1.54) is 0 Å². The second-order valence-corrected chi connectivity index (χ2v) is 12.0. The number of hydrogen-bond acceptors (Lipinski definition) is 8. The number of piperazine rings is 1. The zero-order valence-electron chi connectivity index (χ0n) is 22.4. The van der Waals surface area contributed by atoms with Crippen LogP contribution in [0.2, 0.25) is 0 Å². The quantitative estimate of drug-likeness (QED) is 0.247. The van der Waals surface area contributed by atoms with E-state index in [9.17, 15) is 13.7 Å². The van der Waals surface area contributed by atoms with Crippen LogP contribution in [0.5, 0.6) is 0 Å². The third-order valence-corrected chi connectivity index (χ3v) is 8.96. The average Bonchev–Trinajstić information content (AvgIpc) is 3.31. The molecule has 2 aliphatic heterocycles. The van der Waals surface area contributed by atoms with E-state index in [2.05, 4.69) is 46.7 Å². The number of nitrogens with one attached hydrogen (secondary N) is 3. The average molecular weight is 551 g/mol. The molecule has 0 saturated carbocycles. The lowest BCUT2D eigenvalue weighted by Gasteiger charge is -2.41. The topological polar surface area (TPSA) is 146 Å². The van der Waals surface area contributed by atoms with Gasteiger partial charge in [-0.15, -0.1) is 4.99 Å². The molecule has 0 radical (unpaired) electrons. The summed E-state index contributed by atoms with van der Waals surface area (Å²) in [6, 6.07) is 6.54. The molecule has 3 aromatic rings. The first kappa shape index (κ1) is 26.9. The maximum Gasteiger partial charge on any atom is 0.240 e. The number of guanidine groups is 1. The number of H-pyrrole nitrogens is 1. The minimum absolute atomic E-state index is 0.000581. The van der Waals surface area contributed by atoms with Crippen molar-refractivity contribution in [3.8, 4) is 6.19 Å². The first-order valence-electron chi connectivity index (χ1n) is 13.1.